The van der Waals surface area contributed by atoms with E-state index in [4.69, 9.17) is 0 Å². The van der Waals surface area contributed by atoms with Gasteiger partial charge in [0, 0.05) is 17.3 Å². The molecule has 1 aromatic carbocycles. The summed E-state index contributed by atoms with van der Waals surface area (Å²) in [7, 11) is 0. The summed E-state index contributed by atoms with van der Waals surface area (Å²) in [5.74, 6) is 0.445. The van der Waals surface area contributed by atoms with E-state index in [1.807, 2.05) is 30.5 Å². The molecule has 3 heteroatoms. The van der Waals surface area contributed by atoms with Gasteiger partial charge in [0.2, 0.25) is 0 Å². The summed E-state index contributed by atoms with van der Waals surface area (Å²) in [4.78, 5) is 7.78. The Morgan fingerprint density at radius 2 is 2.05 bits per heavy atom. The zero-order chi connectivity index (χ0) is 14.1. The maximum absolute atomic E-state index is 9.28. The van der Waals surface area contributed by atoms with E-state index < -0.39 is 0 Å². The highest BCUT2D eigenvalue weighted by atomic mass is 16.3. The third-order valence-electron chi connectivity index (χ3n) is 3.60. The van der Waals surface area contributed by atoms with E-state index >= 15 is 0 Å². The molecule has 3 rings (SSSR count). The third kappa shape index (κ3) is 2.21. The number of H-pyrrole nitrogens is 1. The molecular formula is C17H18N2O. The van der Waals surface area contributed by atoms with E-state index in [1.165, 1.54) is 5.69 Å². The summed E-state index contributed by atoms with van der Waals surface area (Å²) in [6.07, 6.45) is 1.82. The number of rotatable bonds is 3. The summed E-state index contributed by atoms with van der Waals surface area (Å²) >= 11 is 0. The molecule has 0 aliphatic heterocycles. The first kappa shape index (κ1) is 12.9. The van der Waals surface area contributed by atoms with E-state index in [0.29, 0.717) is 5.92 Å². The molecule has 2 aromatic heterocycles. The fourth-order valence-corrected chi connectivity index (χ4v) is 2.45. The molecule has 0 bridgehead atoms. The number of aromatic nitrogens is 2. The molecule has 3 aromatic rings. The number of hydrogen-bond donors (Lipinski definition) is 2. The number of pyridine rings is 1. The second kappa shape index (κ2) is 5.10. The van der Waals surface area contributed by atoms with Gasteiger partial charge in [-0.3, -0.25) is 0 Å². The van der Waals surface area contributed by atoms with Gasteiger partial charge in [-0.15, -0.1) is 0 Å². The monoisotopic (exact) mass is 266 g/mol. The number of hydrogen-bond acceptors (Lipinski definition) is 2. The van der Waals surface area contributed by atoms with Gasteiger partial charge in [-0.1, -0.05) is 32.0 Å². The van der Waals surface area contributed by atoms with Crippen LogP contribution in [0.3, 0.4) is 0 Å². The molecule has 0 unspecified atom stereocenters. The van der Waals surface area contributed by atoms with Crippen LogP contribution in [-0.4, -0.2) is 15.1 Å². The van der Waals surface area contributed by atoms with Gasteiger partial charge in [0.25, 0.3) is 0 Å². The van der Waals surface area contributed by atoms with Gasteiger partial charge in [-0.2, -0.15) is 0 Å². The molecule has 20 heavy (non-hydrogen) atoms. The lowest BCUT2D eigenvalue weighted by Gasteiger charge is -2.05. The van der Waals surface area contributed by atoms with Crippen molar-refractivity contribution in [2.24, 2.45) is 0 Å². The van der Waals surface area contributed by atoms with Crippen molar-refractivity contribution in [3.8, 4) is 11.1 Å². The fourth-order valence-electron chi connectivity index (χ4n) is 2.45. The van der Waals surface area contributed by atoms with Crippen molar-refractivity contribution in [3.63, 3.8) is 0 Å². The summed E-state index contributed by atoms with van der Waals surface area (Å²) in [6, 6.07) is 12.2. The van der Waals surface area contributed by atoms with Crippen LogP contribution in [0.4, 0.5) is 0 Å². The zero-order valence-corrected chi connectivity index (χ0v) is 11.7. The molecule has 2 N–H and O–H groups in total. The van der Waals surface area contributed by atoms with Crippen LogP contribution in [0.2, 0.25) is 0 Å². The summed E-state index contributed by atoms with van der Waals surface area (Å²) in [5.41, 5.74) is 5.29. The normalized spacial score (nSPS) is 11.4. The number of nitrogens with one attached hydrogen (secondary N) is 1. The second-order valence-corrected chi connectivity index (χ2v) is 5.36. The number of aliphatic hydroxyl groups is 1. The van der Waals surface area contributed by atoms with Crippen molar-refractivity contribution >= 4 is 11.0 Å². The van der Waals surface area contributed by atoms with Crippen LogP contribution in [0.1, 0.15) is 31.0 Å². The average molecular weight is 266 g/mol. The molecule has 0 saturated carbocycles. The quantitative estimate of drug-likeness (QED) is 0.756. The van der Waals surface area contributed by atoms with Crippen LogP contribution in [0.25, 0.3) is 22.2 Å². The van der Waals surface area contributed by atoms with Crippen molar-refractivity contribution in [3.05, 3.63) is 53.9 Å². The number of aliphatic hydroxyl groups excluding tert-OH is 1. The first-order chi connectivity index (χ1) is 9.69. The Morgan fingerprint density at radius 1 is 1.20 bits per heavy atom. The lowest BCUT2D eigenvalue weighted by Crippen LogP contribution is -1.86. The van der Waals surface area contributed by atoms with Gasteiger partial charge in [0.15, 0.2) is 0 Å². The van der Waals surface area contributed by atoms with Crippen molar-refractivity contribution < 1.29 is 5.11 Å². The predicted octanol–water partition coefficient (Wildman–Crippen LogP) is 3.85. The second-order valence-electron chi connectivity index (χ2n) is 5.36. The van der Waals surface area contributed by atoms with E-state index in [1.54, 1.807) is 0 Å². The van der Waals surface area contributed by atoms with Crippen molar-refractivity contribution in [2.75, 3.05) is 0 Å². The van der Waals surface area contributed by atoms with Gasteiger partial charge in [-0.25, -0.2) is 4.98 Å². The first-order valence-corrected chi connectivity index (χ1v) is 6.87. The van der Waals surface area contributed by atoms with Crippen LogP contribution in [0.5, 0.6) is 0 Å². The standard InChI is InChI=1S/C17H18N2O/c1-11(2)16-9-15-14(6-7-18-17(15)19-16)13-5-3-4-12(8-13)10-20/h3-9,11,20H,10H2,1-2H3,(H,18,19). The van der Waals surface area contributed by atoms with Gasteiger partial charge in [0.1, 0.15) is 5.65 Å². The molecule has 0 spiro atoms. The van der Waals surface area contributed by atoms with Crippen LogP contribution >= 0.6 is 0 Å². The summed E-state index contributed by atoms with van der Waals surface area (Å²) < 4.78 is 0. The Labute approximate surface area is 118 Å². The van der Waals surface area contributed by atoms with Crippen molar-refractivity contribution in [1.82, 2.24) is 9.97 Å². The Hall–Kier alpha value is -2.13. The molecule has 0 fully saturated rings. The highest BCUT2D eigenvalue weighted by Gasteiger charge is 2.10. The Kier molecular flexibility index (Phi) is 3.28. The topological polar surface area (TPSA) is 48.9 Å². The van der Waals surface area contributed by atoms with Gasteiger partial charge < -0.3 is 10.1 Å². The van der Waals surface area contributed by atoms with Gasteiger partial charge in [0.05, 0.1) is 6.61 Å². The van der Waals surface area contributed by atoms with Gasteiger partial charge >= 0.3 is 0 Å². The zero-order valence-electron chi connectivity index (χ0n) is 11.7. The minimum atomic E-state index is 0.0620. The van der Waals surface area contributed by atoms with Crippen molar-refractivity contribution in [2.45, 2.75) is 26.4 Å². The lowest BCUT2D eigenvalue weighted by atomic mass is 10.0. The molecule has 3 nitrogen and oxygen atoms in total. The van der Waals surface area contributed by atoms with Crippen LogP contribution in [0, 0.1) is 0 Å². The number of nitrogens with zero attached hydrogens (tertiary/aromatic N) is 1. The molecule has 0 aliphatic rings. The lowest BCUT2D eigenvalue weighted by molar-refractivity contribution is 0.282. The van der Waals surface area contributed by atoms with Crippen LogP contribution in [0.15, 0.2) is 42.6 Å². The minimum Gasteiger partial charge on any atom is -0.392 e. The molecule has 0 saturated heterocycles. The molecule has 102 valence electrons. The highest BCUT2D eigenvalue weighted by Crippen LogP contribution is 2.30. The van der Waals surface area contributed by atoms with Crippen molar-refractivity contribution in [1.29, 1.82) is 0 Å². The largest absolute Gasteiger partial charge is 0.392 e. The van der Waals surface area contributed by atoms with Gasteiger partial charge in [-0.05, 0) is 40.8 Å². The SMILES string of the molecule is CC(C)c1cc2c(-c3cccc(CO)c3)ccnc2[nH]1. The third-order valence-corrected chi connectivity index (χ3v) is 3.60. The number of fused-ring (bicyclic) bond motifs is 1. The maximum Gasteiger partial charge on any atom is 0.138 e. The minimum absolute atomic E-state index is 0.0620. The highest BCUT2D eigenvalue weighted by molar-refractivity contribution is 5.93. The Balaban J connectivity index is 2.19. The van der Waals surface area contributed by atoms with E-state index in [2.05, 4.69) is 35.9 Å². The van der Waals surface area contributed by atoms with E-state index in [0.717, 1.165) is 27.7 Å². The fraction of sp³-hybridized carbons (Fsp3) is 0.235. The number of benzene rings is 1. The van der Waals surface area contributed by atoms with Crippen LogP contribution in [-0.2, 0) is 6.61 Å². The number of aromatic amines is 1. The molecule has 0 amide bonds. The average Bonchev–Trinajstić information content (AvgIpc) is 2.91. The molecule has 0 aliphatic carbocycles. The smallest absolute Gasteiger partial charge is 0.138 e. The van der Waals surface area contributed by atoms with E-state index in [-0.39, 0.29) is 6.61 Å². The molecule has 2 heterocycles. The Morgan fingerprint density at radius 3 is 2.80 bits per heavy atom. The summed E-state index contributed by atoms with van der Waals surface area (Å²) in [5, 5.41) is 10.4. The predicted molar refractivity (Wildman–Crippen MR) is 81.5 cm³/mol. The Bertz CT molecular complexity index is 744. The van der Waals surface area contributed by atoms with E-state index in [9.17, 15) is 5.11 Å². The molecule has 0 atom stereocenters. The molecular weight excluding hydrogens is 248 g/mol. The summed E-state index contributed by atoms with van der Waals surface area (Å²) in [6.45, 7) is 4.39. The first-order valence-electron chi connectivity index (χ1n) is 6.87. The maximum atomic E-state index is 9.28. The van der Waals surface area contributed by atoms with Crippen LogP contribution < -0.4 is 0 Å². The molecule has 0 radical (unpaired) electrons.